The predicted molar refractivity (Wildman–Crippen MR) is 116 cm³/mol. The van der Waals surface area contributed by atoms with Gasteiger partial charge in [-0.2, -0.15) is 10.2 Å². The quantitative estimate of drug-likeness (QED) is 0.461. The summed E-state index contributed by atoms with van der Waals surface area (Å²) >= 11 is 0. The molecule has 31 heavy (non-hydrogen) atoms. The van der Waals surface area contributed by atoms with E-state index in [9.17, 15) is 4.79 Å². The molecule has 1 amide bonds. The normalized spacial score (nSPS) is 10.3. The van der Waals surface area contributed by atoms with Crippen LogP contribution in [0.4, 0.5) is 0 Å². The monoisotopic (exact) mass is 416 g/mol. The molecular formula is C24H24N4O3. The molecule has 0 unspecified atom stereocenters. The van der Waals surface area contributed by atoms with Gasteiger partial charge in [-0.05, 0) is 48.4 Å². The van der Waals surface area contributed by atoms with Crippen molar-refractivity contribution in [1.82, 2.24) is 15.0 Å². The molecule has 7 nitrogen and oxygen atoms in total. The molecular weight excluding hydrogens is 392 g/mol. The number of carbonyl (C=O) groups is 1. The number of benzene rings is 2. The standard InChI is InChI=1S/C24H24N4O3/c1-3-15-28(17-19-9-7-18(16-25)8-10-19)23(29)6-4-5-22-26-24(27-31-22)20-11-13-21(30-2)14-12-20/h3,7-14H,1,4-6,15,17H2,2H3. The summed E-state index contributed by atoms with van der Waals surface area (Å²) in [7, 11) is 1.61. The van der Waals surface area contributed by atoms with E-state index in [1.807, 2.05) is 36.4 Å². The van der Waals surface area contributed by atoms with Crippen LogP contribution in [0.2, 0.25) is 0 Å². The summed E-state index contributed by atoms with van der Waals surface area (Å²) in [5, 5.41) is 12.9. The lowest BCUT2D eigenvalue weighted by Crippen LogP contribution is -2.30. The number of aryl methyl sites for hydroxylation is 1. The highest BCUT2D eigenvalue weighted by Gasteiger charge is 2.14. The fourth-order valence-electron chi connectivity index (χ4n) is 3.08. The Kier molecular flexibility index (Phi) is 7.55. The Morgan fingerprint density at radius 1 is 1.23 bits per heavy atom. The van der Waals surface area contributed by atoms with Crippen LogP contribution in [0.25, 0.3) is 11.4 Å². The molecule has 0 aliphatic heterocycles. The number of methoxy groups -OCH3 is 1. The van der Waals surface area contributed by atoms with Gasteiger partial charge in [-0.3, -0.25) is 4.79 Å². The van der Waals surface area contributed by atoms with E-state index >= 15 is 0 Å². The second-order valence-electron chi connectivity index (χ2n) is 6.97. The second kappa shape index (κ2) is 10.7. The van der Waals surface area contributed by atoms with Gasteiger partial charge in [-0.25, -0.2) is 0 Å². The van der Waals surface area contributed by atoms with Gasteiger partial charge in [0.15, 0.2) is 0 Å². The van der Waals surface area contributed by atoms with Gasteiger partial charge >= 0.3 is 0 Å². The third-order valence-electron chi connectivity index (χ3n) is 4.76. The number of nitriles is 1. The van der Waals surface area contributed by atoms with Crippen LogP contribution < -0.4 is 4.74 Å². The molecule has 0 aliphatic carbocycles. The zero-order valence-electron chi connectivity index (χ0n) is 17.5. The molecule has 0 spiro atoms. The number of rotatable bonds is 10. The Hall–Kier alpha value is -3.92. The highest BCUT2D eigenvalue weighted by Crippen LogP contribution is 2.20. The van der Waals surface area contributed by atoms with Gasteiger partial charge < -0.3 is 14.2 Å². The third kappa shape index (κ3) is 6.03. The number of hydrogen-bond donors (Lipinski definition) is 0. The molecule has 0 bridgehead atoms. The van der Waals surface area contributed by atoms with Crippen LogP contribution in [0.3, 0.4) is 0 Å². The Morgan fingerprint density at radius 2 is 1.97 bits per heavy atom. The van der Waals surface area contributed by atoms with Crippen molar-refractivity contribution in [3.8, 4) is 23.2 Å². The van der Waals surface area contributed by atoms with Gasteiger partial charge in [-0.15, -0.1) is 6.58 Å². The van der Waals surface area contributed by atoms with Crippen molar-refractivity contribution in [2.45, 2.75) is 25.8 Å². The first-order chi connectivity index (χ1) is 15.1. The molecule has 1 aromatic heterocycles. The van der Waals surface area contributed by atoms with Crippen LogP contribution in [0.15, 0.2) is 65.7 Å². The van der Waals surface area contributed by atoms with E-state index in [-0.39, 0.29) is 5.91 Å². The Labute approximate surface area is 181 Å². The highest BCUT2D eigenvalue weighted by molar-refractivity contribution is 5.76. The van der Waals surface area contributed by atoms with Crippen LogP contribution in [0.5, 0.6) is 5.75 Å². The largest absolute Gasteiger partial charge is 0.497 e. The number of ether oxygens (including phenoxy) is 1. The van der Waals surface area contributed by atoms with Crippen molar-refractivity contribution < 1.29 is 14.1 Å². The van der Waals surface area contributed by atoms with Crippen LogP contribution in [0, 0.1) is 11.3 Å². The Morgan fingerprint density at radius 3 is 2.61 bits per heavy atom. The molecule has 0 saturated heterocycles. The third-order valence-corrected chi connectivity index (χ3v) is 4.76. The first-order valence-electron chi connectivity index (χ1n) is 9.97. The van der Waals surface area contributed by atoms with E-state index in [4.69, 9.17) is 14.5 Å². The number of hydrogen-bond acceptors (Lipinski definition) is 6. The molecule has 0 saturated carbocycles. The van der Waals surface area contributed by atoms with E-state index in [2.05, 4.69) is 22.8 Å². The topological polar surface area (TPSA) is 92.2 Å². The summed E-state index contributed by atoms with van der Waals surface area (Å²) in [5.74, 6) is 1.80. The maximum Gasteiger partial charge on any atom is 0.226 e. The van der Waals surface area contributed by atoms with Crippen LogP contribution >= 0.6 is 0 Å². The molecule has 7 heteroatoms. The van der Waals surface area contributed by atoms with Crippen LogP contribution in [-0.4, -0.2) is 34.6 Å². The summed E-state index contributed by atoms with van der Waals surface area (Å²) in [6.07, 6.45) is 3.20. The molecule has 0 fully saturated rings. The molecule has 0 radical (unpaired) electrons. The number of amides is 1. The van der Waals surface area contributed by atoms with Gasteiger partial charge in [0, 0.05) is 31.5 Å². The fraction of sp³-hybridized carbons (Fsp3) is 0.250. The highest BCUT2D eigenvalue weighted by atomic mass is 16.5. The number of carbonyl (C=O) groups excluding carboxylic acids is 1. The van der Waals surface area contributed by atoms with Crippen molar-refractivity contribution in [3.05, 3.63) is 78.2 Å². The second-order valence-corrected chi connectivity index (χ2v) is 6.97. The minimum Gasteiger partial charge on any atom is -0.497 e. The minimum absolute atomic E-state index is 0.0270. The average Bonchev–Trinajstić information content (AvgIpc) is 3.28. The van der Waals surface area contributed by atoms with E-state index in [0.717, 1.165) is 16.9 Å². The van der Waals surface area contributed by atoms with Gasteiger partial charge in [0.05, 0.1) is 18.7 Å². The average molecular weight is 416 g/mol. The lowest BCUT2D eigenvalue weighted by atomic mass is 10.1. The zero-order valence-corrected chi connectivity index (χ0v) is 17.5. The molecule has 3 rings (SSSR count). The Balaban J connectivity index is 1.53. The predicted octanol–water partition coefficient (Wildman–Crippen LogP) is 4.15. The smallest absolute Gasteiger partial charge is 0.226 e. The SMILES string of the molecule is C=CCN(Cc1ccc(C#N)cc1)C(=O)CCCc1nc(-c2ccc(OC)cc2)no1. The lowest BCUT2D eigenvalue weighted by Gasteiger charge is -2.21. The number of nitrogens with zero attached hydrogens (tertiary/aromatic N) is 4. The summed E-state index contributed by atoms with van der Waals surface area (Å²) in [6, 6.07) is 16.7. The molecule has 158 valence electrons. The van der Waals surface area contributed by atoms with Crippen molar-refractivity contribution in [2.24, 2.45) is 0 Å². The van der Waals surface area contributed by atoms with Crippen LogP contribution in [0.1, 0.15) is 29.9 Å². The maximum absolute atomic E-state index is 12.7. The van der Waals surface area contributed by atoms with Gasteiger partial charge in [0.1, 0.15) is 5.75 Å². The van der Waals surface area contributed by atoms with E-state index in [1.165, 1.54) is 0 Å². The van der Waals surface area contributed by atoms with Crippen molar-refractivity contribution in [2.75, 3.05) is 13.7 Å². The van der Waals surface area contributed by atoms with Crippen molar-refractivity contribution >= 4 is 5.91 Å². The summed E-state index contributed by atoms with van der Waals surface area (Å²) in [6.45, 7) is 4.67. The van der Waals surface area contributed by atoms with E-state index in [0.29, 0.717) is 49.6 Å². The molecule has 0 N–H and O–H groups in total. The minimum atomic E-state index is 0.0270. The molecule has 0 atom stereocenters. The first kappa shape index (κ1) is 21.8. The summed E-state index contributed by atoms with van der Waals surface area (Å²) in [5.41, 5.74) is 2.40. The van der Waals surface area contributed by atoms with Crippen molar-refractivity contribution in [3.63, 3.8) is 0 Å². The molecule has 1 heterocycles. The first-order valence-corrected chi connectivity index (χ1v) is 9.97. The lowest BCUT2D eigenvalue weighted by molar-refractivity contribution is -0.131. The molecule has 3 aromatic rings. The summed E-state index contributed by atoms with van der Waals surface area (Å²) < 4.78 is 10.5. The fourth-order valence-corrected chi connectivity index (χ4v) is 3.08. The Bertz CT molecular complexity index is 1050. The van der Waals surface area contributed by atoms with Gasteiger partial charge in [0.2, 0.25) is 17.6 Å². The number of aromatic nitrogens is 2. The van der Waals surface area contributed by atoms with Gasteiger partial charge in [0.25, 0.3) is 0 Å². The van der Waals surface area contributed by atoms with Crippen molar-refractivity contribution in [1.29, 1.82) is 5.26 Å². The van der Waals surface area contributed by atoms with Gasteiger partial charge in [-0.1, -0.05) is 23.4 Å². The zero-order chi connectivity index (χ0) is 22.1. The van der Waals surface area contributed by atoms with Crippen LogP contribution in [-0.2, 0) is 17.8 Å². The molecule has 0 aliphatic rings. The van der Waals surface area contributed by atoms with E-state index in [1.54, 1.807) is 30.2 Å². The maximum atomic E-state index is 12.7. The summed E-state index contributed by atoms with van der Waals surface area (Å²) in [4.78, 5) is 18.8. The molecule has 2 aromatic carbocycles. The van der Waals surface area contributed by atoms with E-state index < -0.39 is 0 Å².